The normalized spacial score (nSPS) is 12.7. The van der Waals surface area contributed by atoms with E-state index < -0.39 is 21.8 Å². The van der Waals surface area contributed by atoms with Crippen LogP contribution in [0.2, 0.25) is 0 Å². The molecule has 18 heavy (non-hydrogen) atoms. The van der Waals surface area contributed by atoms with Gasteiger partial charge in [-0.05, 0) is 12.0 Å². The van der Waals surface area contributed by atoms with Crippen molar-refractivity contribution < 1.29 is 13.2 Å². The fourth-order valence-corrected chi connectivity index (χ4v) is 2.52. The van der Waals surface area contributed by atoms with E-state index in [4.69, 9.17) is 0 Å². The maximum atomic E-state index is 11.9. The number of hydrogen-bond donors (Lipinski definition) is 1. The van der Waals surface area contributed by atoms with Gasteiger partial charge in [0.15, 0.2) is 0 Å². The van der Waals surface area contributed by atoms with Crippen LogP contribution in [-0.4, -0.2) is 20.1 Å². The van der Waals surface area contributed by atoms with Gasteiger partial charge in [-0.3, -0.25) is 9.52 Å². The number of carbonyl (C=O) groups excluding carboxylic acids is 1. The molecule has 0 fully saturated rings. The predicted octanol–water partition coefficient (Wildman–Crippen LogP) is 1.81. The lowest BCUT2D eigenvalue weighted by Crippen LogP contribution is -2.35. The van der Waals surface area contributed by atoms with Gasteiger partial charge in [0.25, 0.3) is 0 Å². The first kappa shape index (κ1) is 14.4. The van der Waals surface area contributed by atoms with Crippen LogP contribution in [0.1, 0.15) is 24.8 Å². The Morgan fingerprint density at radius 2 is 2.00 bits per heavy atom. The molecule has 0 aliphatic carbocycles. The van der Waals surface area contributed by atoms with Crippen LogP contribution in [0.5, 0.6) is 0 Å². The standard InChI is InChI=1S/C13H17NO3S/c1-3-10-18(16,17)14-13(15)12(4-2)11-8-6-5-7-9-11/h3,5-9,12H,1,4,10H2,2H3,(H,14,15)/t12-/m0/s1. The summed E-state index contributed by atoms with van der Waals surface area (Å²) in [5.74, 6) is -1.21. The second-order valence-electron chi connectivity index (χ2n) is 3.91. The maximum Gasteiger partial charge on any atom is 0.240 e. The molecule has 0 saturated carbocycles. The predicted molar refractivity (Wildman–Crippen MR) is 71.6 cm³/mol. The van der Waals surface area contributed by atoms with E-state index in [1.54, 1.807) is 0 Å². The van der Waals surface area contributed by atoms with Gasteiger partial charge in [-0.1, -0.05) is 43.3 Å². The van der Waals surface area contributed by atoms with E-state index in [2.05, 4.69) is 11.3 Å². The van der Waals surface area contributed by atoms with Crippen LogP contribution >= 0.6 is 0 Å². The largest absolute Gasteiger partial charge is 0.273 e. The van der Waals surface area contributed by atoms with Crippen LogP contribution in [0.15, 0.2) is 43.0 Å². The molecule has 1 rings (SSSR count). The molecule has 1 aromatic carbocycles. The van der Waals surface area contributed by atoms with Crippen molar-refractivity contribution in [3.05, 3.63) is 48.6 Å². The summed E-state index contributed by atoms with van der Waals surface area (Å²) >= 11 is 0. The molecular weight excluding hydrogens is 250 g/mol. The van der Waals surface area contributed by atoms with Gasteiger partial charge < -0.3 is 0 Å². The van der Waals surface area contributed by atoms with E-state index in [1.807, 2.05) is 37.3 Å². The highest BCUT2D eigenvalue weighted by Crippen LogP contribution is 2.19. The van der Waals surface area contributed by atoms with Crippen molar-refractivity contribution in [1.29, 1.82) is 0 Å². The van der Waals surface area contributed by atoms with Gasteiger partial charge in [0.2, 0.25) is 15.9 Å². The van der Waals surface area contributed by atoms with Crippen molar-refractivity contribution in [2.45, 2.75) is 19.3 Å². The number of rotatable bonds is 6. The van der Waals surface area contributed by atoms with Crippen molar-refractivity contribution in [2.24, 2.45) is 0 Å². The third kappa shape index (κ3) is 4.00. The van der Waals surface area contributed by atoms with Crippen LogP contribution in [0, 0.1) is 0 Å². The number of carbonyl (C=O) groups is 1. The van der Waals surface area contributed by atoms with Crippen molar-refractivity contribution in [1.82, 2.24) is 4.72 Å². The molecule has 0 aliphatic rings. The fourth-order valence-electron chi connectivity index (χ4n) is 1.68. The lowest BCUT2D eigenvalue weighted by molar-refractivity contribution is -0.120. The Kier molecular flexibility index (Phi) is 5.09. The molecule has 0 heterocycles. The first-order valence-corrected chi connectivity index (χ1v) is 7.35. The van der Waals surface area contributed by atoms with Gasteiger partial charge in [0.1, 0.15) is 0 Å². The van der Waals surface area contributed by atoms with E-state index >= 15 is 0 Å². The van der Waals surface area contributed by atoms with Crippen LogP contribution in [0.4, 0.5) is 0 Å². The van der Waals surface area contributed by atoms with Crippen LogP contribution < -0.4 is 4.72 Å². The molecule has 98 valence electrons. The van der Waals surface area contributed by atoms with E-state index in [-0.39, 0.29) is 5.75 Å². The summed E-state index contributed by atoms with van der Waals surface area (Å²) in [6, 6.07) is 9.12. The van der Waals surface area contributed by atoms with Crippen molar-refractivity contribution >= 4 is 15.9 Å². The number of hydrogen-bond acceptors (Lipinski definition) is 3. The minimum atomic E-state index is -3.61. The Labute approximate surface area is 108 Å². The summed E-state index contributed by atoms with van der Waals surface area (Å²) in [5, 5.41) is 0. The maximum absolute atomic E-state index is 11.9. The SMILES string of the molecule is C=CCS(=O)(=O)NC(=O)[C@@H](CC)c1ccccc1. The molecule has 0 saturated heterocycles. The monoisotopic (exact) mass is 267 g/mol. The Morgan fingerprint density at radius 3 is 2.50 bits per heavy atom. The first-order valence-electron chi connectivity index (χ1n) is 5.70. The smallest absolute Gasteiger partial charge is 0.240 e. The fraction of sp³-hybridized carbons (Fsp3) is 0.308. The molecule has 0 unspecified atom stereocenters. The molecule has 1 N–H and O–H groups in total. The summed E-state index contributed by atoms with van der Waals surface area (Å²) in [5.41, 5.74) is 0.811. The average Bonchev–Trinajstić information content (AvgIpc) is 2.30. The van der Waals surface area contributed by atoms with E-state index in [0.29, 0.717) is 6.42 Å². The van der Waals surface area contributed by atoms with Gasteiger partial charge in [-0.15, -0.1) is 6.58 Å². The van der Waals surface area contributed by atoms with E-state index in [0.717, 1.165) is 5.56 Å². The third-order valence-corrected chi connectivity index (χ3v) is 3.71. The molecule has 0 aliphatic heterocycles. The zero-order chi connectivity index (χ0) is 13.6. The van der Waals surface area contributed by atoms with Crippen LogP contribution in [0.3, 0.4) is 0 Å². The molecule has 5 heteroatoms. The molecule has 1 aromatic rings. The highest BCUT2D eigenvalue weighted by molar-refractivity contribution is 7.90. The minimum Gasteiger partial charge on any atom is -0.273 e. The second-order valence-corrected chi connectivity index (χ2v) is 5.67. The molecule has 4 nitrogen and oxygen atoms in total. The van der Waals surface area contributed by atoms with Crippen molar-refractivity contribution in [3.8, 4) is 0 Å². The summed E-state index contributed by atoms with van der Waals surface area (Å²) in [7, 11) is -3.61. The van der Waals surface area contributed by atoms with Gasteiger partial charge >= 0.3 is 0 Å². The molecule has 1 atom stereocenters. The Balaban J connectivity index is 2.85. The molecule has 0 radical (unpaired) electrons. The quantitative estimate of drug-likeness (QED) is 0.800. The Bertz CT molecular complexity index is 508. The topological polar surface area (TPSA) is 63.2 Å². The lowest BCUT2D eigenvalue weighted by atomic mass is 9.96. The number of benzene rings is 1. The summed E-state index contributed by atoms with van der Waals surface area (Å²) in [4.78, 5) is 11.9. The van der Waals surface area contributed by atoms with Gasteiger partial charge in [0.05, 0.1) is 11.7 Å². The minimum absolute atomic E-state index is 0.260. The van der Waals surface area contributed by atoms with E-state index in [9.17, 15) is 13.2 Å². The molecule has 0 bridgehead atoms. The Hall–Kier alpha value is -1.62. The summed E-state index contributed by atoms with van der Waals surface area (Å²) < 4.78 is 25.0. The highest BCUT2D eigenvalue weighted by Gasteiger charge is 2.22. The van der Waals surface area contributed by atoms with Crippen LogP contribution in [0.25, 0.3) is 0 Å². The number of nitrogens with one attached hydrogen (secondary N) is 1. The average molecular weight is 267 g/mol. The van der Waals surface area contributed by atoms with Crippen LogP contribution in [-0.2, 0) is 14.8 Å². The van der Waals surface area contributed by atoms with E-state index in [1.165, 1.54) is 6.08 Å². The number of amides is 1. The third-order valence-electron chi connectivity index (χ3n) is 2.52. The lowest BCUT2D eigenvalue weighted by Gasteiger charge is -2.14. The summed E-state index contributed by atoms with van der Waals surface area (Å²) in [6.07, 6.45) is 1.79. The number of sulfonamides is 1. The molecule has 1 amide bonds. The highest BCUT2D eigenvalue weighted by atomic mass is 32.2. The second kappa shape index (κ2) is 6.35. The van der Waals surface area contributed by atoms with Crippen molar-refractivity contribution in [2.75, 3.05) is 5.75 Å². The summed E-state index contributed by atoms with van der Waals surface area (Å²) in [6.45, 7) is 5.19. The molecule has 0 aromatic heterocycles. The van der Waals surface area contributed by atoms with Crippen molar-refractivity contribution in [3.63, 3.8) is 0 Å². The zero-order valence-corrected chi connectivity index (χ0v) is 11.1. The van der Waals surface area contributed by atoms with Gasteiger partial charge in [-0.2, -0.15) is 0 Å². The van der Waals surface area contributed by atoms with Gasteiger partial charge in [0, 0.05) is 0 Å². The Morgan fingerprint density at radius 1 is 1.39 bits per heavy atom. The van der Waals surface area contributed by atoms with Gasteiger partial charge in [-0.25, -0.2) is 8.42 Å². The first-order chi connectivity index (χ1) is 8.50. The zero-order valence-electron chi connectivity index (χ0n) is 10.3. The molecular formula is C13H17NO3S. The molecule has 0 spiro atoms.